The molecule has 0 aliphatic carbocycles. The van der Waals surface area contributed by atoms with Crippen LogP contribution in [0.2, 0.25) is 0 Å². The maximum Gasteiger partial charge on any atom is 0.245 e. The van der Waals surface area contributed by atoms with Crippen LogP contribution in [0.1, 0.15) is 90.7 Å². The van der Waals surface area contributed by atoms with Gasteiger partial charge in [-0.25, -0.2) is 4.98 Å². The number of nitrogens with two attached hydrogens (primary N) is 4. The molecule has 1 aromatic heterocycles. The number of rotatable bonds is 36. The minimum absolute atomic E-state index is 0.0302. The van der Waals surface area contributed by atoms with E-state index in [0.29, 0.717) is 61.5 Å². The zero-order chi connectivity index (χ0) is 57.8. The van der Waals surface area contributed by atoms with E-state index in [0.717, 1.165) is 6.54 Å². The Kier molecular flexibility index (Phi) is 29.3. The minimum Gasteiger partial charge on any atom is -0.394 e. The standard InChI is InChI=1S/C48H85N17O12/c1-28(2)39(62-38(70)24-55-37(69)23-56-45(75)40(29(3)68)63-41(71)32(50)26-67)46(76)59-33(14-8-10-20-65(4,5)6)42(72)60-34(15-7-9-17-49)47(77)64-19-12-16-36(64)44(74)61-35(21-31-22-53-27-57-31)43(73)58-30(25-66)13-11-18-54-48(51)52/h22,25,27-30,32-36,39-40,67-68H,7-21,23-24,26,49-50H2,1-6H3,(H12-,51,52,53,54,55,56,57,58,59,60,61,62,63,69,70,71,72,73,74,75,76)/p+1/t29-,30+,32+,33+,34+,35+,36+,39+,40+/m1/s1. The van der Waals surface area contributed by atoms with E-state index in [1.165, 1.54) is 24.3 Å². The number of imidazole rings is 1. The van der Waals surface area contributed by atoms with Gasteiger partial charge in [-0.3, -0.25) is 48.1 Å². The van der Waals surface area contributed by atoms with Crippen molar-refractivity contribution in [2.45, 2.75) is 146 Å². The number of aldehydes is 1. The normalized spacial score (nSPS) is 16.5. The lowest BCUT2D eigenvalue weighted by molar-refractivity contribution is -0.870. The van der Waals surface area contributed by atoms with Gasteiger partial charge in [-0.2, -0.15) is 0 Å². The smallest absolute Gasteiger partial charge is 0.245 e. The van der Waals surface area contributed by atoms with E-state index >= 15 is 0 Å². The predicted molar refractivity (Wildman–Crippen MR) is 282 cm³/mol. The van der Waals surface area contributed by atoms with Gasteiger partial charge in [-0.05, 0) is 83.6 Å². The SMILES string of the molecule is CC(C)[C@H](NC(=O)CNC(=O)CNC(=O)[C@@H](NC(=O)[C@@H](N)CO)[C@@H](C)O)C(=O)N[C@@H](CCCC[N+](C)(C)C)C(=O)N[C@@H](CCCCN)C(=O)N1CCC[C@H]1C(=O)N[C@@H](Cc1cnc[nH]1)C(=O)N[C@H](C=O)CCCN=C(N)N. The lowest BCUT2D eigenvalue weighted by atomic mass is 10.0. The third kappa shape index (κ3) is 24.8. The van der Waals surface area contributed by atoms with E-state index in [2.05, 4.69) is 57.5 Å². The number of aromatic nitrogens is 2. The summed E-state index contributed by atoms with van der Waals surface area (Å²) in [6, 6.07) is -9.62. The summed E-state index contributed by atoms with van der Waals surface area (Å²) in [4.78, 5) is 145. The molecule has 2 heterocycles. The summed E-state index contributed by atoms with van der Waals surface area (Å²) in [5, 5.41) is 39.5. The number of likely N-dealkylation sites (tertiary alicyclic amines) is 1. The number of nitrogens with zero attached hydrogens (tertiary/aromatic N) is 4. The molecule has 0 saturated carbocycles. The molecule has 9 atom stereocenters. The highest BCUT2D eigenvalue weighted by molar-refractivity contribution is 5.98. The minimum atomic E-state index is -1.52. The average molecular weight is 1090 g/mol. The average Bonchev–Trinajstić information content (AvgIpc) is 4.09. The summed E-state index contributed by atoms with van der Waals surface area (Å²) in [6.45, 7) is 3.91. The molecule has 434 valence electrons. The van der Waals surface area contributed by atoms with Crippen LogP contribution < -0.4 is 65.5 Å². The number of carbonyl (C=O) groups excluding carboxylic acids is 10. The summed E-state index contributed by atoms with van der Waals surface area (Å²) in [5.41, 5.74) is 22.6. The van der Waals surface area contributed by atoms with Gasteiger partial charge in [0.25, 0.3) is 0 Å². The first kappa shape index (κ1) is 66.3. The van der Waals surface area contributed by atoms with Crippen LogP contribution in [0.15, 0.2) is 17.5 Å². The molecule has 9 amide bonds. The van der Waals surface area contributed by atoms with Crippen molar-refractivity contribution in [3.8, 4) is 0 Å². The van der Waals surface area contributed by atoms with Crippen LogP contribution in [0, 0.1) is 5.92 Å². The van der Waals surface area contributed by atoms with Gasteiger partial charge in [0.2, 0.25) is 53.2 Å². The Hall–Kier alpha value is -6.82. The predicted octanol–water partition coefficient (Wildman–Crippen LogP) is -6.30. The molecule has 2 rings (SSSR count). The van der Waals surface area contributed by atoms with Crippen LogP contribution in [0.3, 0.4) is 0 Å². The van der Waals surface area contributed by atoms with Gasteiger partial charge >= 0.3 is 0 Å². The Morgan fingerprint density at radius 2 is 1.44 bits per heavy atom. The topological polar surface area (TPSA) is 456 Å². The van der Waals surface area contributed by atoms with Crippen LogP contribution in [0.25, 0.3) is 0 Å². The zero-order valence-corrected chi connectivity index (χ0v) is 45.3. The number of H-pyrrole nitrogens is 1. The maximum absolute atomic E-state index is 14.6. The third-order valence-corrected chi connectivity index (χ3v) is 12.4. The zero-order valence-electron chi connectivity index (χ0n) is 45.3. The fourth-order valence-electron chi connectivity index (χ4n) is 8.09. The fourth-order valence-corrected chi connectivity index (χ4v) is 8.09. The first-order valence-electron chi connectivity index (χ1n) is 26.0. The molecule has 0 aromatic carbocycles. The monoisotopic (exact) mass is 1090 g/mol. The van der Waals surface area contributed by atoms with Crippen molar-refractivity contribution in [3.63, 3.8) is 0 Å². The van der Waals surface area contributed by atoms with Crippen LogP contribution >= 0.6 is 0 Å². The number of amides is 9. The molecule has 0 unspecified atom stereocenters. The highest BCUT2D eigenvalue weighted by atomic mass is 16.3. The number of hydrogen-bond donors (Lipinski definition) is 15. The summed E-state index contributed by atoms with van der Waals surface area (Å²) >= 11 is 0. The van der Waals surface area contributed by atoms with Gasteiger partial charge < -0.3 is 94.8 Å². The second kappa shape index (κ2) is 34.1. The quantitative estimate of drug-likeness (QED) is 0.00977. The Labute approximate surface area is 449 Å². The lowest BCUT2D eigenvalue weighted by Crippen LogP contribution is -2.60. The molecule has 19 N–H and O–H groups in total. The molecule has 0 bridgehead atoms. The van der Waals surface area contributed by atoms with Crippen molar-refractivity contribution < 1.29 is 62.6 Å². The molecule has 1 aromatic rings. The Morgan fingerprint density at radius 1 is 0.792 bits per heavy atom. The lowest BCUT2D eigenvalue weighted by Gasteiger charge is -2.31. The number of carbonyl (C=O) groups is 10. The number of aliphatic hydroxyl groups is 2. The Bertz CT molecular complexity index is 2120. The second-order valence-electron chi connectivity index (χ2n) is 20.4. The number of guanidine groups is 1. The number of quaternary nitrogens is 1. The number of nitrogens with one attached hydrogen (secondary N) is 9. The van der Waals surface area contributed by atoms with Gasteiger partial charge in [0.15, 0.2) is 5.96 Å². The Balaban J connectivity index is 2.28. The molecule has 1 aliphatic heterocycles. The molecule has 29 nitrogen and oxygen atoms in total. The second-order valence-corrected chi connectivity index (χ2v) is 20.4. The third-order valence-electron chi connectivity index (χ3n) is 12.4. The van der Waals surface area contributed by atoms with Crippen molar-refractivity contribution in [3.05, 3.63) is 18.2 Å². The number of unbranched alkanes of at least 4 members (excludes halogenated alkanes) is 2. The van der Waals surface area contributed by atoms with E-state index in [1.54, 1.807) is 13.8 Å². The summed E-state index contributed by atoms with van der Waals surface area (Å²) < 4.78 is 0.632. The summed E-state index contributed by atoms with van der Waals surface area (Å²) in [7, 11) is 6.03. The first-order valence-corrected chi connectivity index (χ1v) is 26.0. The molecular weight excluding hydrogens is 1010 g/mol. The van der Waals surface area contributed by atoms with Crippen LogP contribution in [-0.4, -0.2) is 216 Å². The van der Waals surface area contributed by atoms with Crippen LogP contribution in [-0.2, 0) is 54.4 Å². The van der Waals surface area contributed by atoms with E-state index in [-0.39, 0.29) is 51.2 Å². The van der Waals surface area contributed by atoms with Gasteiger partial charge in [0, 0.05) is 31.4 Å². The van der Waals surface area contributed by atoms with Gasteiger partial charge in [-0.1, -0.05) is 13.8 Å². The molecule has 29 heteroatoms. The van der Waals surface area contributed by atoms with Gasteiger partial charge in [-0.15, -0.1) is 0 Å². The fraction of sp³-hybridized carbons (Fsp3) is 0.708. The van der Waals surface area contributed by atoms with Crippen molar-refractivity contribution in [2.24, 2.45) is 33.8 Å². The molecular formula is C48H86N17O12+. The Morgan fingerprint density at radius 3 is 2.04 bits per heavy atom. The maximum atomic E-state index is 14.6. The largest absolute Gasteiger partial charge is 0.394 e. The van der Waals surface area contributed by atoms with Crippen LogP contribution in [0.5, 0.6) is 0 Å². The van der Waals surface area contributed by atoms with Gasteiger partial charge in [0.05, 0.1) is 65.9 Å². The van der Waals surface area contributed by atoms with Crippen molar-refractivity contribution in [1.82, 2.24) is 57.4 Å². The molecule has 1 aliphatic rings. The molecule has 0 spiro atoms. The van der Waals surface area contributed by atoms with Crippen molar-refractivity contribution in [2.75, 3.05) is 67.0 Å². The summed E-state index contributed by atoms with van der Waals surface area (Å²) in [5.74, 6) is -7.42. The number of aliphatic hydroxyl groups excluding tert-OH is 2. The van der Waals surface area contributed by atoms with Gasteiger partial charge in [0.1, 0.15) is 48.6 Å². The number of aromatic amines is 1. The highest BCUT2D eigenvalue weighted by Gasteiger charge is 2.40. The van der Waals surface area contributed by atoms with E-state index in [4.69, 9.17) is 28.0 Å². The number of hydrogen-bond acceptors (Lipinski definition) is 16. The van der Waals surface area contributed by atoms with Crippen LogP contribution in [0.4, 0.5) is 0 Å². The van der Waals surface area contributed by atoms with E-state index in [9.17, 15) is 53.1 Å². The van der Waals surface area contributed by atoms with Crippen molar-refractivity contribution >= 4 is 65.4 Å². The molecule has 1 saturated heterocycles. The van der Waals surface area contributed by atoms with E-state index in [1.807, 2.05) is 21.1 Å². The number of aliphatic imine (C=N–C) groups is 1. The van der Waals surface area contributed by atoms with E-state index < -0.39 is 133 Å². The molecule has 0 radical (unpaired) electrons. The first-order chi connectivity index (χ1) is 36.3. The molecule has 77 heavy (non-hydrogen) atoms. The molecule has 1 fully saturated rings. The highest BCUT2D eigenvalue weighted by Crippen LogP contribution is 2.21. The van der Waals surface area contributed by atoms with Crippen molar-refractivity contribution in [1.29, 1.82) is 0 Å². The summed E-state index contributed by atoms with van der Waals surface area (Å²) in [6.07, 6.45) is 5.62.